The van der Waals surface area contributed by atoms with Crippen LogP contribution in [0.15, 0.2) is 12.1 Å². The first-order valence-corrected chi connectivity index (χ1v) is 4.60. The topological polar surface area (TPSA) is 44.5 Å². The minimum Gasteiger partial charge on any atom is -0.489 e. The van der Waals surface area contributed by atoms with Gasteiger partial charge in [0.25, 0.3) is 0 Å². The molecule has 0 aliphatic rings. The molecule has 0 saturated heterocycles. The molecule has 6 heteroatoms. The molecule has 0 unspecified atom stereocenters. The zero-order valence-corrected chi connectivity index (χ0v) is 8.84. The second-order valence-electron chi connectivity index (χ2n) is 3.37. The van der Waals surface area contributed by atoms with Gasteiger partial charge in [-0.05, 0) is 13.8 Å². The molecule has 0 aliphatic carbocycles. The minimum atomic E-state index is -3.09. The van der Waals surface area contributed by atoms with Crippen LogP contribution in [0.25, 0.3) is 0 Å². The third-order valence-corrected chi connectivity index (χ3v) is 1.64. The molecule has 1 aromatic rings. The molecule has 0 aromatic heterocycles. The van der Waals surface area contributed by atoms with Crippen LogP contribution in [-0.4, -0.2) is 12.7 Å². The number of anilines is 1. The summed E-state index contributed by atoms with van der Waals surface area (Å²) in [6.45, 7) is 0.373. The van der Waals surface area contributed by atoms with Crippen LogP contribution in [0.5, 0.6) is 11.5 Å². The fourth-order valence-corrected chi connectivity index (χ4v) is 1.09. The Kier molecular flexibility index (Phi) is 3.87. The highest BCUT2D eigenvalue weighted by atomic mass is 19.3. The van der Waals surface area contributed by atoms with Crippen LogP contribution in [-0.2, 0) is 0 Å². The molecule has 2 N–H and O–H groups in total. The number of alkyl halides is 2. The van der Waals surface area contributed by atoms with Crippen molar-refractivity contribution in [3.63, 3.8) is 0 Å². The number of halogens is 3. The first-order valence-electron chi connectivity index (χ1n) is 4.60. The Bertz CT molecular complexity index is 338. The Morgan fingerprint density at radius 3 is 2.25 bits per heavy atom. The van der Waals surface area contributed by atoms with Crippen LogP contribution in [0.2, 0.25) is 0 Å². The van der Waals surface area contributed by atoms with Crippen molar-refractivity contribution in [2.75, 3.05) is 5.73 Å². The summed E-state index contributed by atoms with van der Waals surface area (Å²) in [6.07, 6.45) is -0.202. The zero-order valence-electron chi connectivity index (χ0n) is 8.84. The lowest BCUT2D eigenvalue weighted by atomic mass is 10.2. The van der Waals surface area contributed by atoms with E-state index in [0.29, 0.717) is 0 Å². The van der Waals surface area contributed by atoms with E-state index in [9.17, 15) is 13.2 Å². The van der Waals surface area contributed by atoms with Crippen molar-refractivity contribution in [3.8, 4) is 11.5 Å². The van der Waals surface area contributed by atoms with Crippen molar-refractivity contribution in [2.24, 2.45) is 0 Å². The number of nitrogens with two attached hydrogens (primary N) is 1. The summed E-state index contributed by atoms with van der Waals surface area (Å²) in [6, 6.07) is 1.90. The summed E-state index contributed by atoms with van der Waals surface area (Å²) in [5.74, 6) is -1.42. The van der Waals surface area contributed by atoms with Crippen molar-refractivity contribution in [1.29, 1.82) is 0 Å². The predicted octanol–water partition coefficient (Wildman–Crippen LogP) is 2.80. The van der Waals surface area contributed by atoms with Crippen molar-refractivity contribution in [3.05, 3.63) is 17.9 Å². The van der Waals surface area contributed by atoms with Crippen molar-refractivity contribution < 1.29 is 22.6 Å². The Morgan fingerprint density at radius 1 is 1.12 bits per heavy atom. The first-order chi connectivity index (χ1) is 7.40. The van der Waals surface area contributed by atoms with Crippen LogP contribution < -0.4 is 15.2 Å². The minimum absolute atomic E-state index is 0.0350. The van der Waals surface area contributed by atoms with Gasteiger partial charge in [0, 0.05) is 12.1 Å². The van der Waals surface area contributed by atoms with Crippen LogP contribution in [0.4, 0.5) is 18.9 Å². The SMILES string of the molecule is CC(C)Oc1cc(OC(F)F)c(F)cc1N. The molecule has 1 rings (SSSR count). The van der Waals surface area contributed by atoms with Gasteiger partial charge >= 0.3 is 6.61 Å². The number of rotatable bonds is 4. The number of hydrogen-bond donors (Lipinski definition) is 1. The third-order valence-electron chi connectivity index (χ3n) is 1.64. The maximum Gasteiger partial charge on any atom is 0.387 e. The van der Waals surface area contributed by atoms with Crippen LogP contribution >= 0.6 is 0 Å². The molecule has 0 radical (unpaired) electrons. The van der Waals surface area contributed by atoms with Gasteiger partial charge in [-0.3, -0.25) is 0 Å². The lowest BCUT2D eigenvalue weighted by Gasteiger charge is -2.14. The average Bonchev–Trinajstić information content (AvgIpc) is 2.11. The summed E-state index contributed by atoms with van der Waals surface area (Å²) in [5.41, 5.74) is 5.50. The van der Waals surface area contributed by atoms with Crippen LogP contribution in [0.1, 0.15) is 13.8 Å². The molecule has 16 heavy (non-hydrogen) atoms. The quantitative estimate of drug-likeness (QED) is 0.816. The summed E-state index contributed by atoms with van der Waals surface area (Å²) >= 11 is 0. The lowest BCUT2D eigenvalue weighted by Crippen LogP contribution is -2.09. The van der Waals surface area contributed by atoms with E-state index in [4.69, 9.17) is 10.5 Å². The Hall–Kier alpha value is -1.59. The standard InChI is InChI=1S/C10H12F3NO2/c1-5(2)15-9-4-8(16-10(12)13)6(11)3-7(9)14/h3-5,10H,14H2,1-2H3. The molecule has 0 fully saturated rings. The van der Waals surface area contributed by atoms with E-state index < -0.39 is 18.2 Å². The van der Waals surface area contributed by atoms with Crippen LogP contribution in [0.3, 0.4) is 0 Å². The molecular formula is C10H12F3NO2. The van der Waals surface area contributed by atoms with Crippen LogP contribution in [0, 0.1) is 5.82 Å². The van der Waals surface area contributed by atoms with Crippen molar-refractivity contribution in [2.45, 2.75) is 26.6 Å². The van der Waals surface area contributed by atoms with E-state index in [2.05, 4.69) is 4.74 Å². The second kappa shape index (κ2) is 4.96. The fourth-order valence-electron chi connectivity index (χ4n) is 1.09. The molecule has 0 aliphatic heterocycles. The maximum absolute atomic E-state index is 13.1. The first kappa shape index (κ1) is 12.5. The normalized spacial score (nSPS) is 10.9. The highest BCUT2D eigenvalue weighted by Gasteiger charge is 2.14. The zero-order chi connectivity index (χ0) is 12.3. The number of ether oxygens (including phenoxy) is 2. The number of hydrogen-bond acceptors (Lipinski definition) is 3. The number of nitrogen functional groups attached to an aromatic ring is 1. The van der Waals surface area contributed by atoms with Gasteiger partial charge in [0.1, 0.15) is 5.75 Å². The molecule has 0 spiro atoms. The largest absolute Gasteiger partial charge is 0.489 e. The van der Waals surface area contributed by atoms with Gasteiger partial charge in [0.2, 0.25) is 0 Å². The molecule has 1 aromatic carbocycles. The van der Waals surface area contributed by atoms with Gasteiger partial charge in [-0.15, -0.1) is 0 Å². The van der Waals surface area contributed by atoms with E-state index in [1.54, 1.807) is 13.8 Å². The average molecular weight is 235 g/mol. The van der Waals surface area contributed by atoms with Gasteiger partial charge in [0.15, 0.2) is 11.6 Å². The molecule has 0 amide bonds. The van der Waals surface area contributed by atoms with Gasteiger partial charge in [-0.25, -0.2) is 4.39 Å². The van der Waals surface area contributed by atoms with E-state index in [-0.39, 0.29) is 17.5 Å². The third kappa shape index (κ3) is 3.22. The summed E-state index contributed by atoms with van der Waals surface area (Å²) in [7, 11) is 0. The summed E-state index contributed by atoms with van der Waals surface area (Å²) in [5, 5.41) is 0. The Labute approximate surface area is 91.0 Å². The molecular weight excluding hydrogens is 223 g/mol. The molecule has 0 bridgehead atoms. The molecule has 90 valence electrons. The highest BCUT2D eigenvalue weighted by Crippen LogP contribution is 2.31. The van der Waals surface area contributed by atoms with Gasteiger partial charge in [-0.2, -0.15) is 8.78 Å². The molecule has 0 atom stereocenters. The highest BCUT2D eigenvalue weighted by molar-refractivity contribution is 5.56. The molecule has 3 nitrogen and oxygen atoms in total. The fraction of sp³-hybridized carbons (Fsp3) is 0.400. The van der Waals surface area contributed by atoms with Gasteiger partial charge < -0.3 is 15.2 Å². The smallest absolute Gasteiger partial charge is 0.387 e. The monoisotopic (exact) mass is 235 g/mol. The summed E-state index contributed by atoms with van der Waals surface area (Å²) < 4.78 is 46.2. The van der Waals surface area contributed by atoms with Gasteiger partial charge in [0.05, 0.1) is 11.8 Å². The molecule has 0 saturated carbocycles. The van der Waals surface area contributed by atoms with E-state index in [1.165, 1.54) is 0 Å². The summed E-state index contributed by atoms with van der Waals surface area (Å²) in [4.78, 5) is 0. The van der Waals surface area contributed by atoms with Crippen molar-refractivity contribution >= 4 is 5.69 Å². The Morgan fingerprint density at radius 2 is 1.75 bits per heavy atom. The van der Waals surface area contributed by atoms with E-state index in [0.717, 1.165) is 12.1 Å². The van der Waals surface area contributed by atoms with Crippen molar-refractivity contribution in [1.82, 2.24) is 0 Å². The van der Waals surface area contributed by atoms with Gasteiger partial charge in [-0.1, -0.05) is 0 Å². The number of benzene rings is 1. The predicted molar refractivity (Wildman–Crippen MR) is 53.2 cm³/mol. The Balaban J connectivity index is 3.01. The maximum atomic E-state index is 13.1. The van der Waals surface area contributed by atoms with E-state index >= 15 is 0 Å². The lowest BCUT2D eigenvalue weighted by molar-refractivity contribution is -0.0523. The van der Waals surface area contributed by atoms with E-state index in [1.807, 2.05) is 0 Å². The second-order valence-corrected chi connectivity index (χ2v) is 3.37. The molecule has 0 heterocycles.